The van der Waals surface area contributed by atoms with E-state index >= 15 is 0 Å². The van der Waals surface area contributed by atoms with Crippen molar-refractivity contribution in [2.45, 2.75) is 25.6 Å². The number of carbonyl (C=O) groups is 1. The summed E-state index contributed by atoms with van der Waals surface area (Å²) in [6.45, 7) is 3.95. The number of benzene rings is 2. The van der Waals surface area contributed by atoms with Crippen molar-refractivity contribution in [1.29, 1.82) is 0 Å². The highest BCUT2D eigenvalue weighted by Crippen LogP contribution is 2.42. The summed E-state index contributed by atoms with van der Waals surface area (Å²) in [5.41, 5.74) is 3.93. The van der Waals surface area contributed by atoms with Crippen LogP contribution in [0.4, 0.5) is 27.6 Å². The van der Waals surface area contributed by atoms with E-state index in [0.717, 1.165) is 37.1 Å². The highest BCUT2D eigenvalue weighted by atomic mass is 19.4. The van der Waals surface area contributed by atoms with E-state index in [1.807, 2.05) is 0 Å². The first-order chi connectivity index (χ1) is 14.6. The van der Waals surface area contributed by atoms with Gasteiger partial charge in [0.25, 0.3) is 0 Å². The highest BCUT2D eigenvalue weighted by Gasteiger charge is 2.37. The molecule has 10 heteroatoms. The first-order valence-corrected chi connectivity index (χ1v) is 9.32. The molecule has 1 saturated carbocycles. The van der Waals surface area contributed by atoms with Gasteiger partial charge in [-0.1, -0.05) is 12.6 Å². The number of nitrogens with zero attached hydrogens (tertiary/aromatic N) is 2. The van der Waals surface area contributed by atoms with Gasteiger partial charge in [0.2, 0.25) is 5.91 Å². The molecule has 0 atom stereocenters. The van der Waals surface area contributed by atoms with Crippen LogP contribution in [0.25, 0.3) is 5.70 Å². The number of halogens is 5. The van der Waals surface area contributed by atoms with Crippen LogP contribution in [0.15, 0.2) is 48.0 Å². The van der Waals surface area contributed by atoms with Gasteiger partial charge in [-0.3, -0.25) is 10.2 Å². The second kappa shape index (κ2) is 7.68. The van der Waals surface area contributed by atoms with Gasteiger partial charge in [-0.25, -0.2) is 18.8 Å². The smallest absolute Gasteiger partial charge is 0.406 e. The zero-order chi connectivity index (χ0) is 22.3. The molecule has 0 saturated heterocycles. The lowest BCUT2D eigenvalue weighted by Gasteiger charge is -2.32. The van der Waals surface area contributed by atoms with E-state index in [2.05, 4.69) is 21.7 Å². The zero-order valence-corrected chi connectivity index (χ0v) is 16.0. The summed E-state index contributed by atoms with van der Waals surface area (Å²) < 4.78 is 68.0. The van der Waals surface area contributed by atoms with Crippen LogP contribution in [0.5, 0.6) is 5.75 Å². The minimum absolute atomic E-state index is 0.0145. The molecule has 1 heterocycles. The van der Waals surface area contributed by atoms with E-state index in [4.69, 9.17) is 0 Å². The second-order valence-corrected chi connectivity index (χ2v) is 7.21. The number of alkyl halides is 3. The molecule has 1 amide bonds. The van der Waals surface area contributed by atoms with Crippen LogP contribution >= 0.6 is 0 Å². The summed E-state index contributed by atoms with van der Waals surface area (Å²) >= 11 is 0. The Morgan fingerprint density at radius 2 is 1.90 bits per heavy atom. The molecular formula is C21H16F5N3O2. The maximum atomic E-state index is 13.4. The summed E-state index contributed by atoms with van der Waals surface area (Å²) in [5, 5.41) is 1.40. The van der Waals surface area contributed by atoms with Crippen LogP contribution < -0.4 is 10.2 Å². The first kappa shape index (κ1) is 20.8. The van der Waals surface area contributed by atoms with Gasteiger partial charge in [0.1, 0.15) is 11.6 Å². The van der Waals surface area contributed by atoms with Crippen molar-refractivity contribution < 1.29 is 31.5 Å². The van der Waals surface area contributed by atoms with E-state index in [9.17, 15) is 26.7 Å². The molecular weight excluding hydrogens is 421 g/mol. The van der Waals surface area contributed by atoms with Gasteiger partial charge in [0.05, 0.1) is 17.8 Å². The zero-order valence-electron chi connectivity index (χ0n) is 16.0. The quantitative estimate of drug-likeness (QED) is 0.680. The third-order valence-corrected chi connectivity index (χ3v) is 4.78. The average Bonchev–Trinajstić information content (AvgIpc) is 3.50. The number of ether oxygens (including phenoxy) is 1. The third kappa shape index (κ3) is 4.68. The molecule has 0 unspecified atom stereocenters. The summed E-state index contributed by atoms with van der Waals surface area (Å²) in [7, 11) is 0. The summed E-state index contributed by atoms with van der Waals surface area (Å²) in [6.07, 6.45) is -3.45. The fourth-order valence-electron chi connectivity index (χ4n) is 3.22. The molecule has 2 aromatic rings. The lowest BCUT2D eigenvalue weighted by Crippen LogP contribution is -2.47. The van der Waals surface area contributed by atoms with Gasteiger partial charge in [-0.05, 0) is 42.7 Å². The fourth-order valence-corrected chi connectivity index (χ4v) is 3.22. The normalized spacial score (nSPS) is 16.0. The van der Waals surface area contributed by atoms with Crippen molar-refractivity contribution in [1.82, 2.24) is 10.4 Å². The molecule has 162 valence electrons. The number of hydrazine groups is 1. The van der Waals surface area contributed by atoms with Crippen LogP contribution in [-0.4, -0.2) is 23.1 Å². The van der Waals surface area contributed by atoms with Gasteiger partial charge in [-0.15, -0.1) is 13.2 Å². The number of hydrogen-bond donors (Lipinski definition) is 1. The van der Waals surface area contributed by atoms with Crippen LogP contribution in [-0.2, 0) is 11.2 Å². The fraction of sp³-hybridized carbons (Fsp3) is 0.238. The van der Waals surface area contributed by atoms with Crippen molar-refractivity contribution >= 4 is 23.1 Å². The molecule has 4 rings (SSSR count). The summed E-state index contributed by atoms with van der Waals surface area (Å²) in [5.74, 6) is -2.53. The van der Waals surface area contributed by atoms with E-state index in [1.165, 1.54) is 17.1 Å². The predicted molar refractivity (Wildman–Crippen MR) is 102 cm³/mol. The SMILES string of the molecule is C=C1c2ccc(OC(F)(F)F)cc2N=C(C2CC2)N1NC(=O)Cc1ccc(F)c(F)c1. The molecule has 2 aromatic carbocycles. The maximum Gasteiger partial charge on any atom is 0.573 e. The monoisotopic (exact) mass is 437 g/mol. The number of amides is 1. The molecule has 5 nitrogen and oxygen atoms in total. The molecule has 2 aliphatic rings. The number of amidine groups is 1. The standard InChI is InChI=1S/C21H16F5N3O2/c1-11-15-6-5-14(31-21(24,25)26)10-18(15)27-20(13-3-4-13)29(11)28-19(30)9-12-2-7-16(22)17(23)8-12/h2,5-8,10,13H,1,3-4,9H2,(H,28,30). The number of carbonyl (C=O) groups excluding carboxylic acids is 1. The lowest BCUT2D eigenvalue weighted by molar-refractivity contribution is -0.274. The number of fused-ring (bicyclic) bond motifs is 1. The van der Waals surface area contributed by atoms with Crippen molar-refractivity contribution in [3.8, 4) is 5.75 Å². The average molecular weight is 437 g/mol. The van der Waals surface area contributed by atoms with E-state index < -0.39 is 29.7 Å². The van der Waals surface area contributed by atoms with Crippen molar-refractivity contribution in [3.63, 3.8) is 0 Å². The Morgan fingerprint density at radius 1 is 1.16 bits per heavy atom. The van der Waals surface area contributed by atoms with Gasteiger partial charge in [0.15, 0.2) is 11.6 Å². The summed E-state index contributed by atoms with van der Waals surface area (Å²) in [4.78, 5) is 16.9. The Balaban J connectivity index is 1.56. The van der Waals surface area contributed by atoms with Crippen molar-refractivity contribution in [2.24, 2.45) is 10.9 Å². The Morgan fingerprint density at radius 3 is 2.55 bits per heavy atom. The molecule has 1 aliphatic heterocycles. The lowest BCUT2D eigenvalue weighted by atomic mass is 10.1. The van der Waals surface area contributed by atoms with Gasteiger partial charge in [-0.2, -0.15) is 0 Å². The van der Waals surface area contributed by atoms with E-state index in [-0.39, 0.29) is 23.6 Å². The molecule has 1 aliphatic carbocycles. The van der Waals surface area contributed by atoms with Gasteiger partial charge < -0.3 is 4.74 Å². The molecule has 1 fully saturated rings. The topological polar surface area (TPSA) is 53.9 Å². The predicted octanol–water partition coefficient (Wildman–Crippen LogP) is 4.86. The maximum absolute atomic E-state index is 13.4. The van der Waals surface area contributed by atoms with E-state index in [0.29, 0.717) is 17.1 Å². The first-order valence-electron chi connectivity index (χ1n) is 9.32. The minimum atomic E-state index is -4.83. The van der Waals surface area contributed by atoms with Crippen molar-refractivity contribution in [3.05, 3.63) is 65.7 Å². The molecule has 0 radical (unpaired) electrons. The van der Waals surface area contributed by atoms with Gasteiger partial charge >= 0.3 is 6.36 Å². The highest BCUT2D eigenvalue weighted by molar-refractivity contribution is 6.01. The Hall–Kier alpha value is -3.43. The summed E-state index contributed by atoms with van der Waals surface area (Å²) in [6, 6.07) is 6.85. The molecule has 1 N–H and O–H groups in total. The van der Waals surface area contributed by atoms with E-state index in [1.54, 1.807) is 0 Å². The number of nitrogens with one attached hydrogen (secondary N) is 1. The molecule has 0 spiro atoms. The van der Waals surface area contributed by atoms with Crippen LogP contribution in [0, 0.1) is 17.6 Å². The number of aliphatic imine (C=N–C) groups is 1. The van der Waals surface area contributed by atoms with Crippen LogP contribution in [0.1, 0.15) is 24.0 Å². The minimum Gasteiger partial charge on any atom is -0.406 e. The van der Waals surface area contributed by atoms with Crippen molar-refractivity contribution in [2.75, 3.05) is 0 Å². The third-order valence-electron chi connectivity index (χ3n) is 4.78. The Labute approximate surface area is 173 Å². The number of hydrogen-bond acceptors (Lipinski definition) is 4. The van der Waals surface area contributed by atoms with Gasteiger partial charge in [0, 0.05) is 17.5 Å². The second-order valence-electron chi connectivity index (χ2n) is 7.21. The molecule has 0 bridgehead atoms. The Bertz CT molecular complexity index is 1090. The largest absolute Gasteiger partial charge is 0.573 e. The van der Waals surface area contributed by atoms with Crippen LogP contribution in [0.3, 0.4) is 0 Å². The molecule has 0 aromatic heterocycles. The van der Waals surface area contributed by atoms with Crippen LogP contribution in [0.2, 0.25) is 0 Å². The number of rotatable bonds is 5. The Kier molecular flexibility index (Phi) is 5.16. The molecule has 31 heavy (non-hydrogen) atoms.